The van der Waals surface area contributed by atoms with Crippen LogP contribution in [0.3, 0.4) is 0 Å². The van der Waals surface area contributed by atoms with Gasteiger partial charge in [0, 0.05) is 18.3 Å². The molecule has 0 radical (unpaired) electrons. The average molecular weight is 280 g/mol. The summed E-state index contributed by atoms with van der Waals surface area (Å²) in [6, 6.07) is 3.25. The van der Waals surface area contributed by atoms with Crippen molar-refractivity contribution in [2.24, 2.45) is 0 Å². The molecule has 0 bridgehead atoms. The monoisotopic (exact) mass is 280 g/mol. The van der Waals surface area contributed by atoms with Crippen LogP contribution in [-0.2, 0) is 0 Å². The highest BCUT2D eigenvalue weighted by Crippen LogP contribution is 2.23. The third-order valence-electron chi connectivity index (χ3n) is 3.33. The number of carboxylic acid groups (broad SMARTS) is 1. The molecule has 4 N–H and O–H groups in total. The number of phenols is 1. The molecule has 1 aliphatic heterocycles. The molecule has 0 aliphatic carbocycles. The van der Waals surface area contributed by atoms with E-state index in [2.05, 4.69) is 5.32 Å². The Morgan fingerprint density at radius 3 is 2.75 bits per heavy atom. The molecule has 0 saturated carbocycles. The highest BCUT2D eigenvalue weighted by molar-refractivity contribution is 5.94. The molecule has 0 spiro atoms. The largest absolute Gasteiger partial charge is 0.507 e. The van der Waals surface area contributed by atoms with Gasteiger partial charge in [-0.25, -0.2) is 9.59 Å². The molecule has 1 atom stereocenters. The Morgan fingerprint density at radius 2 is 2.15 bits per heavy atom. The number of carbonyl (C=O) groups excluding carboxylic acids is 1. The second-order valence-electron chi connectivity index (χ2n) is 4.64. The zero-order valence-corrected chi connectivity index (χ0v) is 10.7. The smallest absolute Gasteiger partial charge is 0.339 e. The van der Waals surface area contributed by atoms with Crippen LogP contribution in [0.4, 0.5) is 10.5 Å². The number of aliphatic hydroxyl groups excluding tert-OH is 1. The van der Waals surface area contributed by atoms with Crippen molar-refractivity contribution in [1.82, 2.24) is 4.90 Å². The Labute approximate surface area is 115 Å². The van der Waals surface area contributed by atoms with Gasteiger partial charge in [0.25, 0.3) is 0 Å². The van der Waals surface area contributed by atoms with Gasteiger partial charge in [-0.2, -0.15) is 0 Å². The summed E-state index contributed by atoms with van der Waals surface area (Å²) in [6.45, 7) is 0.479. The summed E-state index contributed by atoms with van der Waals surface area (Å²) < 4.78 is 0. The molecule has 20 heavy (non-hydrogen) atoms. The summed E-state index contributed by atoms with van der Waals surface area (Å²) in [5.41, 5.74) is 0.0819. The summed E-state index contributed by atoms with van der Waals surface area (Å²) >= 11 is 0. The summed E-state index contributed by atoms with van der Waals surface area (Å²) in [5.74, 6) is -1.64. The molecule has 2 amide bonds. The van der Waals surface area contributed by atoms with E-state index < -0.39 is 11.7 Å². The first-order valence-electron chi connectivity index (χ1n) is 6.27. The van der Waals surface area contributed by atoms with E-state index in [1.165, 1.54) is 23.1 Å². The number of aromatic hydroxyl groups is 1. The fourth-order valence-corrected chi connectivity index (χ4v) is 2.28. The summed E-state index contributed by atoms with van der Waals surface area (Å²) in [6.07, 6.45) is 1.59. The number of nitrogens with zero attached hydrogens (tertiary/aromatic N) is 1. The number of carbonyl (C=O) groups is 2. The lowest BCUT2D eigenvalue weighted by atomic mass is 10.2. The molecule has 108 valence electrons. The quantitative estimate of drug-likeness (QED) is 0.662. The van der Waals surface area contributed by atoms with Crippen molar-refractivity contribution in [3.63, 3.8) is 0 Å². The molecule has 1 aliphatic rings. The minimum atomic E-state index is -1.24. The lowest BCUT2D eigenvalue weighted by molar-refractivity contribution is 0.0694. The van der Waals surface area contributed by atoms with Crippen LogP contribution in [-0.4, -0.2) is 51.4 Å². The third-order valence-corrected chi connectivity index (χ3v) is 3.33. The maximum atomic E-state index is 12.0. The Kier molecular flexibility index (Phi) is 4.09. The number of hydrogen-bond donors (Lipinski definition) is 4. The van der Waals surface area contributed by atoms with Crippen LogP contribution in [0.25, 0.3) is 0 Å². The molecule has 1 aromatic rings. The van der Waals surface area contributed by atoms with E-state index in [-0.39, 0.29) is 24.2 Å². The SMILES string of the molecule is O=C(O)c1ccc(NC(=O)N2CCCC2CO)cc1O. The van der Waals surface area contributed by atoms with Gasteiger partial charge in [0.1, 0.15) is 11.3 Å². The molecule has 1 saturated heterocycles. The van der Waals surface area contributed by atoms with Gasteiger partial charge in [0.2, 0.25) is 0 Å². The minimum Gasteiger partial charge on any atom is -0.507 e. The van der Waals surface area contributed by atoms with E-state index in [1.54, 1.807) is 0 Å². The molecule has 1 fully saturated rings. The normalized spacial score (nSPS) is 18.1. The Bertz CT molecular complexity index is 531. The maximum Gasteiger partial charge on any atom is 0.339 e. The molecule has 0 aromatic heterocycles. The van der Waals surface area contributed by atoms with Gasteiger partial charge in [0.05, 0.1) is 12.6 Å². The van der Waals surface area contributed by atoms with Gasteiger partial charge in [-0.15, -0.1) is 0 Å². The van der Waals surface area contributed by atoms with Crippen LogP contribution < -0.4 is 5.32 Å². The van der Waals surface area contributed by atoms with Gasteiger partial charge in [-0.05, 0) is 25.0 Å². The van der Waals surface area contributed by atoms with E-state index >= 15 is 0 Å². The van der Waals surface area contributed by atoms with Gasteiger partial charge in [-0.1, -0.05) is 0 Å². The number of carboxylic acids is 1. The number of amides is 2. The maximum absolute atomic E-state index is 12.0. The number of benzene rings is 1. The molecule has 1 unspecified atom stereocenters. The zero-order chi connectivity index (χ0) is 14.7. The van der Waals surface area contributed by atoms with Crippen LogP contribution in [0.1, 0.15) is 23.2 Å². The van der Waals surface area contributed by atoms with E-state index in [0.717, 1.165) is 12.8 Å². The number of urea groups is 1. The van der Waals surface area contributed by atoms with Crippen LogP contribution in [0.15, 0.2) is 18.2 Å². The fraction of sp³-hybridized carbons (Fsp3) is 0.385. The number of aromatic carboxylic acids is 1. The molecule has 7 nitrogen and oxygen atoms in total. The Balaban J connectivity index is 2.08. The Morgan fingerprint density at radius 1 is 1.40 bits per heavy atom. The number of nitrogens with one attached hydrogen (secondary N) is 1. The van der Waals surface area contributed by atoms with Crippen molar-refractivity contribution < 1.29 is 24.9 Å². The van der Waals surface area contributed by atoms with Crippen LogP contribution in [0.5, 0.6) is 5.75 Å². The first kappa shape index (κ1) is 14.1. The average Bonchev–Trinajstić information content (AvgIpc) is 2.86. The van der Waals surface area contributed by atoms with Crippen molar-refractivity contribution in [1.29, 1.82) is 0 Å². The predicted octanol–water partition coefficient (Wildman–Crippen LogP) is 1.08. The van der Waals surface area contributed by atoms with E-state index in [9.17, 15) is 14.7 Å². The molecular weight excluding hydrogens is 264 g/mol. The molecule has 7 heteroatoms. The van der Waals surface area contributed by atoms with Crippen molar-refractivity contribution in [3.8, 4) is 5.75 Å². The van der Waals surface area contributed by atoms with Gasteiger partial charge >= 0.3 is 12.0 Å². The van der Waals surface area contributed by atoms with Crippen LogP contribution in [0.2, 0.25) is 0 Å². The summed E-state index contributed by atoms with van der Waals surface area (Å²) in [4.78, 5) is 24.3. The van der Waals surface area contributed by atoms with Gasteiger partial charge in [-0.3, -0.25) is 0 Å². The Hall–Kier alpha value is -2.28. The lowest BCUT2D eigenvalue weighted by Gasteiger charge is -2.23. The number of likely N-dealkylation sites (tertiary alicyclic amines) is 1. The highest BCUT2D eigenvalue weighted by atomic mass is 16.4. The number of anilines is 1. The minimum absolute atomic E-state index is 0.0867. The van der Waals surface area contributed by atoms with Gasteiger partial charge < -0.3 is 25.5 Å². The molecule has 1 heterocycles. The fourth-order valence-electron chi connectivity index (χ4n) is 2.28. The highest BCUT2D eigenvalue weighted by Gasteiger charge is 2.28. The summed E-state index contributed by atoms with van der Waals surface area (Å²) in [5, 5.41) is 30.1. The van der Waals surface area contributed by atoms with E-state index in [1.807, 2.05) is 0 Å². The summed E-state index contributed by atoms with van der Waals surface area (Å²) in [7, 11) is 0. The number of rotatable bonds is 3. The van der Waals surface area contributed by atoms with Crippen molar-refractivity contribution >= 4 is 17.7 Å². The molecular formula is C13H16N2O5. The molecule has 2 rings (SSSR count). The van der Waals surface area contributed by atoms with Gasteiger partial charge in [0.15, 0.2) is 0 Å². The zero-order valence-electron chi connectivity index (χ0n) is 10.7. The second-order valence-corrected chi connectivity index (χ2v) is 4.64. The second kappa shape index (κ2) is 5.79. The topological polar surface area (TPSA) is 110 Å². The first-order valence-corrected chi connectivity index (χ1v) is 6.27. The van der Waals surface area contributed by atoms with E-state index in [4.69, 9.17) is 10.2 Å². The standard InChI is InChI=1S/C13H16N2O5/c16-7-9-2-1-5-15(9)13(20)14-8-3-4-10(12(18)19)11(17)6-8/h3-4,6,9,16-17H,1-2,5,7H2,(H,14,20)(H,18,19). The van der Waals surface area contributed by atoms with E-state index in [0.29, 0.717) is 12.2 Å². The van der Waals surface area contributed by atoms with Crippen molar-refractivity contribution in [2.45, 2.75) is 18.9 Å². The first-order chi connectivity index (χ1) is 9.52. The molecule has 1 aromatic carbocycles. The van der Waals surface area contributed by atoms with Crippen molar-refractivity contribution in [3.05, 3.63) is 23.8 Å². The van der Waals surface area contributed by atoms with Crippen molar-refractivity contribution in [2.75, 3.05) is 18.5 Å². The van der Waals surface area contributed by atoms with Crippen LogP contribution in [0, 0.1) is 0 Å². The lowest BCUT2D eigenvalue weighted by Crippen LogP contribution is -2.40. The number of aliphatic hydroxyl groups is 1. The van der Waals surface area contributed by atoms with Crippen LogP contribution >= 0.6 is 0 Å². The predicted molar refractivity (Wildman–Crippen MR) is 70.9 cm³/mol. The number of hydrogen-bond acceptors (Lipinski definition) is 4. The third kappa shape index (κ3) is 2.83.